The van der Waals surface area contributed by atoms with Crippen molar-refractivity contribution in [2.75, 3.05) is 0 Å². The summed E-state index contributed by atoms with van der Waals surface area (Å²) in [5, 5.41) is 2.86. The molecular weight excluding hydrogens is 519 g/mol. The van der Waals surface area contributed by atoms with Crippen molar-refractivity contribution >= 4 is 64.1 Å². The van der Waals surface area contributed by atoms with E-state index >= 15 is 0 Å². The molecule has 0 N–H and O–H groups in total. The second kappa shape index (κ2) is 7.75. The molecule has 5 rings (SSSR count). The van der Waals surface area contributed by atoms with Crippen LogP contribution in [0.15, 0.2) is 60.7 Å². The zero-order valence-corrected chi connectivity index (χ0v) is 23.6. The topological polar surface area (TPSA) is 0 Å². The average Bonchev–Trinajstić information content (AvgIpc) is 3.30. The Kier molecular flexibility index (Phi) is 5.31. The minimum absolute atomic E-state index is 1.31. The Hall–Kier alpha value is -1.62. The minimum atomic E-state index is -2.21. The van der Waals surface area contributed by atoms with Gasteiger partial charge in [-0.3, -0.25) is 0 Å². The molecule has 0 aliphatic rings. The normalized spacial score (nSPS) is 12.2. The first-order valence-electron chi connectivity index (χ1n) is 10.9. The van der Waals surface area contributed by atoms with Crippen LogP contribution in [0.4, 0.5) is 0 Å². The summed E-state index contributed by atoms with van der Waals surface area (Å²) >= 11 is 1.82. The van der Waals surface area contributed by atoms with Gasteiger partial charge in [0, 0.05) is 0 Å². The molecule has 0 aliphatic heterocycles. The van der Waals surface area contributed by atoms with Crippen molar-refractivity contribution in [3.8, 4) is 22.3 Å². The summed E-state index contributed by atoms with van der Waals surface area (Å²) < 4.78 is 4.61. The predicted octanol–water partition coefficient (Wildman–Crippen LogP) is 8.92. The number of rotatable bonds is 3. The first-order valence-corrected chi connectivity index (χ1v) is 22.5. The summed E-state index contributed by atoms with van der Waals surface area (Å²) in [6.45, 7) is 6.65. The Morgan fingerprint density at radius 2 is 1.13 bits per heavy atom. The van der Waals surface area contributed by atoms with Gasteiger partial charge in [0.25, 0.3) is 0 Å². The molecular formula is C28H28S2Sn. The van der Waals surface area contributed by atoms with Crippen LogP contribution in [-0.4, -0.2) is 18.4 Å². The molecule has 0 amide bonds. The third kappa shape index (κ3) is 3.77. The van der Waals surface area contributed by atoms with Crippen LogP contribution in [0.5, 0.6) is 0 Å². The summed E-state index contributed by atoms with van der Waals surface area (Å²) in [6.07, 6.45) is 0. The third-order valence-corrected chi connectivity index (χ3v) is 17.7. The quantitative estimate of drug-likeness (QED) is 0.198. The molecule has 0 unspecified atom stereocenters. The molecule has 2 heterocycles. The van der Waals surface area contributed by atoms with Crippen molar-refractivity contribution in [1.82, 2.24) is 0 Å². The molecule has 0 nitrogen and oxygen atoms in total. The van der Waals surface area contributed by atoms with Gasteiger partial charge >= 0.3 is 199 Å². The van der Waals surface area contributed by atoms with E-state index < -0.39 is 18.4 Å². The van der Waals surface area contributed by atoms with Crippen molar-refractivity contribution in [3.05, 3.63) is 76.7 Å². The van der Waals surface area contributed by atoms with Gasteiger partial charge in [0.1, 0.15) is 0 Å². The molecule has 31 heavy (non-hydrogen) atoms. The van der Waals surface area contributed by atoms with Gasteiger partial charge in [-0.2, -0.15) is 0 Å². The van der Waals surface area contributed by atoms with Crippen LogP contribution in [0.3, 0.4) is 0 Å². The summed E-state index contributed by atoms with van der Waals surface area (Å²) in [7, 11) is 0. The molecule has 0 spiro atoms. The van der Waals surface area contributed by atoms with Gasteiger partial charge in [-0.25, -0.2) is 0 Å². The SMILES string of the molecule is Cc1cccc(-c2c(-c3cccc(C)c3)c3c[c]([Sn]([CH3])([CH3])[CH3])sc3c3sc(C)cc23)c1. The van der Waals surface area contributed by atoms with E-state index in [4.69, 9.17) is 0 Å². The van der Waals surface area contributed by atoms with E-state index in [9.17, 15) is 0 Å². The van der Waals surface area contributed by atoms with Gasteiger partial charge in [-0.1, -0.05) is 0 Å². The van der Waals surface area contributed by atoms with Gasteiger partial charge in [-0.05, 0) is 0 Å². The van der Waals surface area contributed by atoms with Gasteiger partial charge in [-0.15, -0.1) is 0 Å². The number of fused-ring (bicyclic) bond motifs is 3. The van der Waals surface area contributed by atoms with Crippen LogP contribution in [-0.2, 0) is 0 Å². The number of benzene rings is 3. The van der Waals surface area contributed by atoms with E-state index in [0.717, 1.165) is 0 Å². The van der Waals surface area contributed by atoms with Crippen LogP contribution >= 0.6 is 22.7 Å². The average molecular weight is 547 g/mol. The Morgan fingerprint density at radius 3 is 1.65 bits per heavy atom. The van der Waals surface area contributed by atoms with Crippen molar-refractivity contribution in [3.63, 3.8) is 0 Å². The number of hydrogen-bond donors (Lipinski definition) is 0. The zero-order chi connectivity index (χ0) is 21.9. The Morgan fingerprint density at radius 1 is 0.613 bits per heavy atom. The molecule has 0 saturated heterocycles. The monoisotopic (exact) mass is 548 g/mol. The predicted molar refractivity (Wildman–Crippen MR) is 145 cm³/mol. The summed E-state index contributed by atoms with van der Waals surface area (Å²) in [4.78, 5) is 8.99. The van der Waals surface area contributed by atoms with Crippen LogP contribution < -0.4 is 2.89 Å². The van der Waals surface area contributed by atoms with Gasteiger partial charge in [0.05, 0.1) is 0 Å². The van der Waals surface area contributed by atoms with Gasteiger partial charge in [0.2, 0.25) is 0 Å². The molecule has 0 radical (unpaired) electrons. The van der Waals surface area contributed by atoms with Crippen LogP contribution in [0.25, 0.3) is 42.4 Å². The van der Waals surface area contributed by atoms with Crippen molar-refractivity contribution < 1.29 is 0 Å². The fraction of sp³-hybridized carbons (Fsp3) is 0.214. The second-order valence-corrected chi connectivity index (χ2v) is 27.4. The summed E-state index contributed by atoms with van der Waals surface area (Å²) in [5.74, 6) is 0. The van der Waals surface area contributed by atoms with E-state index in [0.29, 0.717) is 0 Å². The van der Waals surface area contributed by atoms with E-state index in [-0.39, 0.29) is 0 Å². The molecule has 5 aromatic rings. The van der Waals surface area contributed by atoms with Crippen LogP contribution in [0, 0.1) is 20.8 Å². The molecule has 3 heteroatoms. The number of aryl methyl sites for hydroxylation is 3. The van der Waals surface area contributed by atoms with Crippen molar-refractivity contribution in [2.24, 2.45) is 0 Å². The standard InChI is InChI=1S/C25H19S2.3CH3.Sn/c1-15-6-4-8-18(12-15)22-20-10-11-26-24(20)25-21(14-17(3)27-25)23(22)19-9-5-7-16(2)13-19;;;;/h4-10,12-14H,1-3H3;3*1H3;. The number of thiophene rings is 2. The molecule has 0 bridgehead atoms. The first kappa shape index (κ1) is 21.2. The van der Waals surface area contributed by atoms with E-state index in [1.165, 1.54) is 58.4 Å². The molecule has 156 valence electrons. The first-order chi connectivity index (χ1) is 14.7. The fourth-order valence-corrected chi connectivity index (χ4v) is 12.0. The Balaban J connectivity index is 2.02. The molecule has 0 fully saturated rings. The molecule has 0 saturated carbocycles. The molecule has 0 atom stereocenters. The van der Waals surface area contributed by atoms with Crippen molar-refractivity contribution in [1.29, 1.82) is 0 Å². The van der Waals surface area contributed by atoms with Crippen molar-refractivity contribution in [2.45, 2.75) is 35.6 Å². The fourth-order valence-electron chi connectivity index (χ4n) is 4.45. The number of hydrogen-bond acceptors (Lipinski definition) is 2. The summed E-state index contributed by atoms with van der Waals surface area (Å²) in [6, 6.07) is 23.1. The maximum absolute atomic E-state index is 2.56. The molecule has 0 aliphatic carbocycles. The summed E-state index contributed by atoms with van der Waals surface area (Å²) in [5.41, 5.74) is 8.09. The Bertz CT molecular complexity index is 1440. The van der Waals surface area contributed by atoms with E-state index in [2.05, 4.69) is 108 Å². The zero-order valence-electron chi connectivity index (χ0n) is 19.1. The second-order valence-electron chi connectivity index (χ2n) is 9.69. The van der Waals surface area contributed by atoms with Crippen LogP contribution in [0.2, 0.25) is 14.8 Å². The van der Waals surface area contributed by atoms with E-state index in [1.807, 2.05) is 11.3 Å². The van der Waals surface area contributed by atoms with E-state index in [1.54, 1.807) is 2.89 Å². The van der Waals surface area contributed by atoms with Gasteiger partial charge in [0.15, 0.2) is 0 Å². The Labute approximate surface area is 197 Å². The van der Waals surface area contributed by atoms with Crippen LogP contribution in [0.1, 0.15) is 16.0 Å². The third-order valence-electron chi connectivity index (χ3n) is 5.93. The maximum atomic E-state index is 2.56. The molecule has 2 aromatic heterocycles. The molecule has 3 aromatic carbocycles. The van der Waals surface area contributed by atoms with Gasteiger partial charge < -0.3 is 0 Å².